The molecule has 1 saturated heterocycles. The van der Waals surface area contributed by atoms with Crippen LogP contribution in [0.5, 0.6) is 5.75 Å². The second-order valence-corrected chi connectivity index (χ2v) is 11.7. The van der Waals surface area contributed by atoms with Crippen molar-refractivity contribution in [1.82, 2.24) is 10.3 Å². The molecular formula is C29H31ClN4O6S. The third-order valence-corrected chi connectivity index (χ3v) is 8.34. The average Bonchev–Trinajstić information content (AvgIpc) is 2.96. The topological polar surface area (TPSA) is 118 Å². The normalized spacial score (nSPS) is 13.7. The van der Waals surface area contributed by atoms with Crippen molar-refractivity contribution in [2.24, 2.45) is 5.10 Å². The molecule has 1 aliphatic heterocycles. The fourth-order valence-corrected chi connectivity index (χ4v) is 5.79. The molecule has 1 fully saturated rings. The molecule has 0 aliphatic carbocycles. The molecule has 2 amide bonds. The summed E-state index contributed by atoms with van der Waals surface area (Å²) in [6.45, 7) is 5.17. The molecule has 3 aromatic carbocycles. The SMILES string of the molecule is Cc1ccc(S(=O)(=O)N(CC(=O)N/N=C\c2ccc(OCC(=O)N3CCOCC3)cc2)c2ccc(Cl)cc2C)cc1. The van der Waals surface area contributed by atoms with E-state index in [1.807, 2.05) is 6.92 Å². The predicted molar refractivity (Wildman–Crippen MR) is 157 cm³/mol. The first-order chi connectivity index (χ1) is 19.6. The van der Waals surface area contributed by atoms with E-state index in [-0.39, 0.29) is 17.4 Å². The molecule has 3 aromatic rings. The summed E-state index contributed by atoms with van der Waals surface area (Å²) in [7, 11) is -4.07. The summed E-state index contributed by atoms with van der Waals surface area (Å²) in [5.41, 5.74) is 4.89. The number of nitrogens with one attached hydrogen (secondary N) is 1. The van der Waals surface area contributed by atoms with Gasteiger partial charge in [-0.15, -0.1) is 0 Å². The van der Waals surface area contributed by atoms with Gasteiger partial charge in [0.05, 0.1) is 30.0 Å². The van der Waals surface area contributed by atoms with Crippen molar-refractivity contribution in [3.8, 4) is 5.75 Å². The first-order valence-electron chi connectivity index (χ1n) is 12.9. The minimum atomic E-state index is -4.07. The Balaban J connectivity index is 1.39. The smallest absolute Gasteiger partial charge is 0.264 e. The van der Waals surface area contributed by atoms with E-state index in [0.29, 0.717) is 53.9 Å². The first-order valence-corrected chi connectivity index (χ1v) is 14.7. The van der Waals surface area contributed by atoms with Crippen LogP contribution >= 0.6 is 11.6 Å². The number of aryl methyl sites for hydroxylation is 2. The molecule has 0 aromatic heterocycles. The Morgan fingerprint density at radius 3 is 2.39 bits per heavy atom. The number of hydrogen-bond donors (Lipinski definition) is 1. The lowest BCUT2D eigenvalue weighted by Crippen LogP contribution is -2.42. The maximum Gasteiger partial charge on any atom is 0.264 e. The lowest BCUT2D eigenvalue weighted by molar-refractivity contribution is -0.137. The quantitative estimate of drug-likeness (QED) is 0.282. The Labute approximate surface area is 244 Å². The fraction of sp³-hybridized carbons (Fsp3) is 0.276. The van der Waals surface area contributed by atoms with Gasteiger partial charge in [0.2, 0.25) is 0 Å². The van der Waals surface area contributed by atoms with Crippen molar-refractivity contribution in [2.75, 3.05) is 43.8 Å². The number of halogens is 1. The van der Waals surface area contributed by atoms with Crippen LogP contribution in [0, 0.1) is 13.8 Å². The molecule has 4 rings (SSSR count). The number of anilines is 1. The van der Waals surface area contributed by atoms with E-state index < -0.39 is 22.5 Å². The van der Waals surface area contributed by atoms with E-state index in [4.69, 9.17) is 21.1 Å². The number of amides is 2. The molecule has 0 saturated carbocycles. The molecule has 1 heterocycles. The van der Waals surface area contributed by atoms with Crippen LogP contribution in [0.25, 0.3) is 0 Å². The van der Waals surface area contributed by atoms with Crippen molar-refractivity contribution in [3.05, 3.63) is 88.4 Å². The van der Waals surface area contributed by atoms with Gasteiger partial charge in [-0.25, -0.2) is 13.8 Å². The van der Waals surface area contributed by atoms with Gasteiger partial charge in [0.1, 0.15) is 12.3 Å². The molecule has 0 radical (unpaired) electrons. The van der Waals surface area contributed by atoms with Crippen LogP contribution in [0.1, 0.15) is 16.7 Å². The highest BCUT2D eigenvalue weighted by molar-refractivity contribution is 7.92. The minimum absolute atomic E-state index is 0.0581. The van der Waals surface area contributed by atoms with Crippen LogP contribution in [0.4, 0.5) is 5.69 Å². The monoisotopic (exact) mass is 598 g/mol. The second kappa shape index (κ2) is 13.6. The maximum absolute atomic E-state index is 13.6. The zero-order chi connectivity index (χ0) is 29.4. The minimum Gasteiger partial charge on any atom is -0.484 e. The van der Waals surface area contributed by atoms with Crippen LogP contribution in [-0.4, -0.2) is 70.8 Å². The number of rotatable bonds is 10. The summed E-state index contributed by atoms with van der Waals surface area (Å²) in [5, 5.41) is 4.43. The molecule has 10 nitrogen and oxygen atoms in total. The standard InChI is InChI=1S/C29H31ClN4O6S/c1-21-3-10-26(11-4-21)41(37,38)34(27-12-7-24(30)17-22(27)2)19-28(35)32-31-18-23-5-8-25(9-6-23)40-20-29(36)33-13-15-39-16-14-33/h3-12,17-18H,13-16,19-20H2,1-2H3,(H,32,35)/b31-18-. The lowest BCUT2D eigenvalue weighted by atomic mass is 10.2. The third kappa shape index (κ3) is 8.06. The molecule has 12 heteroatoms. The number of ether oxygens (including phenoxy) is 2. The van der Waals surface area contributed by atoms with Crippen molar-refractivity contribution in [1.29, 1.82) is 0 Å². The Hall–Kier alpha value is -3.93. The number of benzene rings is 3. The van der Waals surface area contributed by atoms with Crippen LogP contribution in [0.2, 0.25) is 5.02 Å². The second-order valence-electron chi connectivity index (χ2n) is 9.40. The number of carbonyl (C=O) groups is 2. The molecule has 0 unspecified atom stereocenters. The number of hydrogen-bond acceptors (Lipinski definition) is 7. The summed E-state index contributed by atoms with van der Waals surface area (Å²) >= 11 is 6.08. The molecule has 216 valence electrons. The highest BCUT2D eigenvalue weighted by atomic mass is 35.5. The van der Waals surface area contributed by atoms with Crippen LogP contribution in [0.3, 0.4) is 0 Å². The summed E-state index contributed by atoms with van der Waals surface area (Å²) in [6.07, 6.45) is 1.42. The van der Waals surface area contributed by atoms with Gasteiger partial charge in [0.15, 0.2) is 6.61 Å². The summed E-state index contributed by atoms with van der Waals surface area (Å²) < 4.78 is 39.0. The molecule has 1 N–H and O–H groups in total. The number of sulfonamides is 1. The number of carbonyl (C=O) groups excluding carboxylic acids is 2. The first kappa shape index (κ1) is 30.0. The number of hydrazone groups is 1. The van der Waals surface area contributed by atoms with Gasteiger partial charge < -0.3 is 14.4 Å². The summed E-state index contributed by atoms with van der Waals surface area (Å²) in [6, 6.07) is 18.0. The zero-order valence-electron chi connectivity index (χ0n) is 22.7. The van der Waals surface area contributed by atoms with E-state index in [1.165, 1.54) is 18.3 Å². The number of morpholine rings is 1. The zero-order valence-corrected chi connectivity index (χ0v) is 24.3. The van der Waals surface area contributed by atoms with Crippen LogP contribution < -0.4 is 14.5 Å². The van der Waals surface area contributed by atoms with Crippen molar-refractivity contribution >= 4 is 45.3 Å². The van der Waals surface area contributed by atoms with Gasteiger partial charge in [-0.2, -0.15) is 5.10 Å². The fourth-order valence-electron chi connectivity index (χ4n) is 4.08. The van der Waals surface area contributed by atoms with Gasteiger partial charge in [0.25, 0.3) is 21.8 Å². The molecule has 0 bridgehead atoms. The molecule has 0 atom stereocenters. The molecular weight excluding hydrogens is 568 g/mol. The maximum atomic E-state index is 13.6. The van der Waals surface area contributed by atoms with E-state index in [1.54, 1.807) is 66.4 Å². The van der Waals surface area contributed by atoms with Crippen LogP contribution in [-0.2, 0) is 24.3 Å². The Kier molecular flexibility index (Phi) is 9.98. The van der Waals surface area contributed by atoms with Crippen LogP contribution in [0.15, 0.2) is 76.7 Å². The predicted octanol–water partition coefficient (Wildman–Crippen LogP) is 3.54. The summed E-state index contributed by atoms with van der Waals surface area (Å²) in [4.78, 5) is 26.8. The van der Waals surface area contributed by atoms with Crippen molar-refractivity contribution in [3.63, 3.8) is 0 Å². The number of nitrogens with zero attached hydrogens (tertiary/aromatic N) is 3. The highest BCUT2D eigenvalue weighted by Gasteiger charge is 2.28. The van der Waals surface area contributed by atoms with Gasteiger partial charge >= 0.3 is 0 Å². The molecule has 0 spiro atoms. The molecule has 1 aliphatic rings. The lowest BCUT2D eigenvalue weighted by Gasteiger charge is -2.26. The van der Waals surface area contributed by atoms with E-state index in [0.717, 1.165) is 9.87 Å². The molecule has 41 heavy (non-hydrogen) atoms. The summed E-state index contributed by atoms with van der Waals surface area (Å²) in [5.74, 6) is -0.218. The Morgan fingerprint density at radius 1 is 1.05 bits per heavy atom. The van der Waals surface area contributed by atoms with E-state index in [2.05, 4.69) is 10.5 Å². The highest BCUT2D eigenvalue weighted by Crippen LogP contribution is 2.29. The van der Waals surface area contributed by atoms with Gasteiger partial charge in [-0.05, 0) is 79.6 Å². The van der Waals surface area contributed by atoms with Crippen molar-refractivity contribution < 1.29 is 27.5 Å². The van der Waals surface area contributed by atoms with Gasteiger partial charge in [0, 0.05) is 18.1 Å². The van der Waals surface area contributed by atoms with Gasteiger partial charge in [-0.3, -0.25) is 13.9 Å². The van der Waals surface area contributed by atoms with E-state index in [9.17, 15) is 18.0 Å². The largest absolute Gasteiger partial charge is 0.484 e. The Bertz CT molecular complexity index is 1510. The Morgan fingerprint density at radius 2 is 1.73 bits per heavy atom. The van der Waals surface area contributed by atoms with Gasteiger partial charge in [-0.1, -0.05) is 29.3 Å². The van der Waals surface area contributed by atoms with Crippen molar-refractivity contribution in [2.45, 2.75) is 18.7 Å². The van der Waals surface area contributed by atoms with E-state index >= 15 is 0 Å². The third-order valence-electron chi connectivity index (χ3n) is 6.33. The average molecular weight is 599 g/mol.